The van der Waals surface area contributed by atoms with Crippen LogP contribution in [0, 0.1) is 40.9 Å². The first-order chi connectivity index (χ1) is 12.2. The van der Waals surface area contributed by atoms with Gasteiger partial charge in [0.05, 0.1) is 12.2 Å². The van der Waals surface area contributed by atoms with Gasteiger partial charge in [-0.15, -0.1) is 0 Å². The zero-order chi connectivity index (χ0) is 16.8. The van der Waals surface area contributed by atoms with Crippen LogP contribution in [0.25, 0.3) is 0 Å². The van der Waals surface area contributed by atoms with E-state index in [1.165, 1.54) is 31.3 Å². The molecule has 2 heteroatoms. The molecule has 1 heterocycles. The monoisotopic (exact) mass is 336 g/mol. The second-order valence-corrected chi connectivity index (χ2v) is 9.44. The predicted molar refractivity (Wildman–Crippen MR) is 96.8 cm³/mol. The Bertz CT molecular complexity index is 730. The van der Waals surface area contributed by atoms with Crippen molar-refractivity contribution in [2.75, 3.05) is 6.61 Å². The van der Waals surface area contributed by atoms with Crippen LogP contribution in [-0.4, -0.2) is 18.0 Å². The lowest BCUT2D eigenvalue weighted by Crippen LogP contribution is -2.55. The van der Waals surface area contributed by atoms with E-state index in [9.17, 15) is 4.79 Å². The molecule has 0 aromatic heterocycles. The molecule has 3 fully saturated rings. The van der Waals surface area contributed by atoms with Crippen LogP contribution in [0.5, 0.6) is 0 Å². The molecule has 25 heavy (non-hydrogen) atoms. The Balaban J connectivity index is 1.44. The standard InChI is InChI=1S/C23H28O2/c1-2-22-10-8-17-16-7-5-15(24)12-14(16)4-6-18(17)21(22)19-13-20(19)23(22)9-3-11-25-23/h3-4,6,9,12,16-21H,2,5,7-8,10-11,13H2,1H3/t16-,17?,18?,19+,20-,21?,22?,23-/m0/s1. The normalized spacial score (nSPS) is 54.8. The number of fused-ring (bicyclic) bond motifs is 9. The average Bonchev–Trinajstić information content (AvgIpc) is 3.20. The Kier molecular flexibility index (Phi) is 2.85. The van der Waals surface area contributed by atoms with E-state index in [-0.39, 0.29) is 5.60 Å². The number of carbonyl (C=O) groups is 1. The van der Waals surface area contributed by atoms with Crippen LogP contribution >= 0.6 is 0 Å². The van der Waals surface area contributed by atoms with Crippen LogP contribution in [0.1, 0.15) is 45.4 Å². The third-order valence-corrected chi connectivity index (χ3v) is 9.00. The summed E-state index contributed by atoms with van der Waals surface area (Å²) in [5.41, 5.74) is 1.73. The molecule has 1 spiro atoms. The molecule has 3 saturated carbocycles. The maximum absolute atomic E-state index is 11.9. The van der Waals surface area contributed by atoms with Crippen molar-refractivity contribution in [2.24, 2.45) is 40.9 Å². The molecule has 132 valence electrons. The lowest BCUT2D eigenvalue weighted by molar-refractivity contribution is -0.133. The Morgan fingerprint density at radius 1 is 1.28 bits per heavy atom. The van der Waals surface area contributed by atoms with Gasteiger partial charge in [0.25, 0.3) is 0 Å². The maximum atomic E-state index is 11.9. The highest BCUT2D eigenvalue weighted by Gasteiger charge is 2.77. The molecule has 0 bridgehead atoms. The lowest BCUT2D eigenvalue weighted by Gasteiger charge is -2.57. The van der Waals surface area contributed by atoms with Gasteiger partial charge in [-0.25, -0.2) is 0 Å². The quantitative estimate of drug-likeness (QED) is 0.660. The summed E-state index contributed by atoms with van der Waals surface area (Å²) in [6.07, 6.45) is 18.6. The SMILES string of the molecule is CCC12CCC3C(C=CC4=CC(=O)CC[C@@H]43)C1[C@@H]1C[C@@H]1[C@@]21C=CCO1. The molecule has 1 aliphatic heterocycles. The van der Waals surface area contributed by atoms with Crippen molar-refractivity contribution < 1.29 is 9.53 Å². The minimum absolute atomic E-state index is 0.0501. The fourth-order valence-corrected chi connectivity index (χ4v) is 8.15. The molecular weight excluding hydrogens is 308 g/mol. The number of ether oxygens (including phenoxy) is 1. The smallest absolute Gasteiger partial charge is 0.155 e. The van der Waals surface area contributed by atoms with E-state index in [0.29, 0.717) is 23.0 Å². The predicted octanol–water partition coefficient (Wildman–Crippen LogP) is 4.48. The number of rotatable bonds is 1. The van der Waals surface area contributed by atoms with Crippen molar-refractivity contribution in [2.45, 2.75) is 51.0 Å². The van der Waals surface area contributed by atoms with Gasteiger partial charge in [0.2, 0.25) is 0 Å². The first kappa shape index (κ1) is 15.0. The Morgan fingerprint density at radius 2 is 2.20 bits per heavy atom. The van der Waals surface area contributed by atoms with E-state index >= 15 is 0 Å². The number of hydrogen-bond donors (Lipinski definition) is 0. The molecule has 5 aliphatic carbocycles. The van der Waals surface area contributed by atoms with Crippen LogP contribution in [0.4, 0.5) is 0 Å². The molecule has 6 aliphatic rings. The van der Waals surface area contributed by atoms with Gasteiger partial charge in [-0.05, 0) is 79.3 Å². The third-order valence-electron chi connectivity index (χ3n) is 9.00. The van der Waals surface area contributed by atoms with Gasteiger partial charge >= 0.3 is 0 Å². The molecule has 0 saturated heterocycles. The van der Waals surface area contributed by atoms with Gasteiger partial charge in [-0.2, -0.15) is 0 Å². The summed E-state index contributed by atoms with van der Waals surface area (Å²) in [5.74, 6) is 4.87. The minimum atomic E-state index is 0.0501. The minimum Gasteiger partial charge on any atom is -0.366 e. The second-order valence-electron chi connectivity index (χ2n) is 9.44. The van der Waals surface area contributed by atoms with Crippen LogP contribution in [0.2, 0.25) is 0 Å². The number of hydrogen-bond acceptors (Lipinski definition) is 2. The summed E-state index contributed by atoms with van der Waals surface area (Å²) in [5, 5.41) is 0. The Hall–Kier alpha value is -1.15. The Morgan fingerprint density at radius 3 is 3.00 bits per heavy atom. The molecule has 2 nitrogen and oxygen atoms in total. The molecule has 0 aromatic carbocycles. The van der Waals surface area contributed by atoms with Crippen LogP contribution in [0.3, 0.4) is 0 Å². The van der Waals surface area contributed by atoms with Crippen molar-refractivity contribution in [3.8, 4) is 0 Å². The maximum Gasteiger partial charge on any atom is 0.155 e. The summed E-state index contributed by atoms with van der Waals surface area (Å²) in [6, 6.07) is 0. The zero-order valence-corrected chi connectivity index (χ0v) is 15.1. The highest BCUT2D eigenvalue weighted by Crippen LogP contribution is 2.78. The highest BCUT2D eigenvalue weighted by molar-refractivity contribution is 5.91. The summed E-state index contributed by atoms with van der Waals surface area (Å²) < 4.78 is 6.53. The van der Waals surface area contributed by atoms with Crippen molar-refractivity contribution in [3.63, 3.8) is 0 Å². The summed E-state index contributed by atoms with van der Waals surface area (Å²) in [6.45, 7) is 3.23. The highest BCUT2D eigenvalue weighted by atomic mass is 16.5. The van der Waals surface area contributed by atoms with Gasteiger partial charge in [0.15, 0.2) is 5.78 Å². The van der Waals surface area contributed by atoms with E-state index in [4.69, 9.17) is 4.74 Å². The Labute approximate surface area is 150 Å². The van der Waals surface area contributed by atoms with Crippen LogP contribution in [0.15, 0.2) is 36.0 Å². The summed E-state index contributed by atoms with van der Waals surface area (Å²) >= 11 is 0. The number of allylic oxidation sites excluding steroid dienone is 4. The number of carbonyl (C=O) groups excluding carboxylic acids is 1. The molecule has 0 N–H and O–H groups in total. The van der Waals surface area contributed by atoms with E-state index in [1.807, 2.05) is 6.08 Å². The van der Waals surface area contributed by atoms with Gasteiger partial charge in [0.1, 0.15) is 0 Å². The first-order valence-electron chi connectivity index (χ1n) is 10.4. The average molecular weight is 336 g/mol. The first-order valence-corrected chi connectivity index (χ1v) is 10.4. The van der Waals surface area contributed by atoms with E-state index in [1.54, 1.807) is 0 Å². The van der Waals surface area contributed by atoms with Crippen molar-refractivity contribution in [3.05, 3.63) is 36.0 Å². The van der Waals surface area contributed by atoms with E-state index in [2.05, 4.69) is 31.2 Å². The number of ketones is 1. The molecule has 0 radical (unpaired) electrons. The van der Waals surface area contributed by atoms with Crippen LogP contribution < -0.4 is 0 Å². The fraction of sp³-hybridized carbons (Fsp3) is 0.696. The van der Waals surface area contributed by atoms with Crippen molar-refractivity contribution in [1.82, 2.24) is 0 Å². The topological polar surface area (TPSA) is 26.3 Å². The van der Waals surface area contributed by atoms with Gasteiger partial charge in [-0.1, -0.05) is 31.2 Å². The lowest BCUT2D eigenvalue weighted by atomic mass is 9.49. The summed E-state index contributed by atoms with van der Waals surface area (Å²) in [4.78, 5) is 11.9. The van der Waals surface area contributed by atoms with Gasteiger partial charge in [0, 0.05) is 11.8 Å². The molecule has 6 rings (SSSR count). The van der Waals surface area contributed by atoms with Crippen LogP contribution in [-0.2, 0) is 9.53 Å². The third kappa shape index (κ3) is 1.64. The molecule has 8 atom stereocenters. The summed E-state index contributed by atoms with van der Waals surface area (Å²) in [7, 11) is 0. The fourth-order valence-electron chi connectivity index (χ4n) is 8.15. The van der Waals surface area contributed by atoms with Gasteiger partial charge in [-0.3, -0.25) is 4.79 Å². The van der Waals surface area contributed by atoms with Gasteiger partial charge < -0.3 is 4.74 Å². The molecular formula is C23H28O2. The largest absolute Gasteiger partial charge is 0.366 e. The van der Waals surface area contributed by atoms with E-state index in [0.717, 1.165) is 43.1 Å². The van der Waals surface area contributed by atoms with Crippen molar-refractivity contribution in [1.29, 1.82) is 0 Å². The van der Waals surface area contributed by atoms with Crippen molar-refractivity contribution >= 4 is 5.78 Å². The molecule has 0 aromatic rings. The zero-order valence-electron chi connectivity index (χ0n) is 15.1. The molecule has 0 amide bonds. The second kappa shape index (κ2) is 4.76. The molecule has 4 unspecified atom stereocenters. The van der Waals surface area contributed by atoms with E-state index < -0.39 is 0 Å².